The first-order chi connectivity index (χ1) is 9.86. The highest BCUT2D eigenvalue weighted by Gasteiger charge is 2.23. The van der Waals surface area contributed by atoms with E-state index in [1.54, 1.807) is 0 Å². The quantitative estimate of drug-likeness (QED) is 0.877. The van der Waals surface area contributed by atoms with Gasteiger partial charge in [0.05, 0.1) is 12.1 Å². The smallest absolute Gasteiger partial charge is 0.231 e. The molecule has 1 aromatic rings. The molecule has 2 amide bonds. The van der Waals surface area contributed by atoms with Crippen LogP contribution in [0, 0.1) is 5.41 Å². The number of amides is 2. The summed E-state index contributed by atoms with van der Waals surface area (Å²) in [4.78, 5) is 30.2. The maximum atomic E-state index is 12.1. The summed E-state index contributed by atoms with van der Waals surface area (Å²) in [5.41, 5.74) is 0.260. The standard InChI is InChI=1S/C14H22N4O2S/c1-14(2,3)12(20)17-13-16-10(9-21-13)8-11(19)18-6-4-15-5-7-18/h9,15H,4-8H2,1-3H3,(H,16,17,20). The number of piperazine rings is 1. The molecule has 21 heavy (non-hydrogen) atoms. The Morgan fingerprint density at radius 2 is 2.05 bits per heavy atom. The molecule has 1 saturated heterocycles. The molecule has 0 spiro atoms. The average Bonchev–Trinajstić information content (AvgIpc) is 2.86. The number of nitrogens with one attached hydrogen (secondary N) is 2. The van der Waals surface area contributed by atoms with E-state index >= 15 is 0 Å². The van der Waals surface area contributed by atoms with Crippen LogP contribution in [0.15, 0.2) is 5.38 Å². The molecule has 2 heterocycles. The monoisotopic (exact) mass is 310 g/mol. The normalized spacial score (nSPS) is 15.9. The molecule has 0 saturated carbocycles. The van der Waals surface area contributed by atoms with Gasteiger partial charge in [-0.05, 0) is 0 Å². The summed E-state index contributed by atoms with van der Waals surface area (Å²) >= 11 is 1.36. The minimum absolute atomic E-state index is 0.0724. The number of hydrogen-bond donors (Lipinski definition) is 2. The minimum Gasteiger partial charge on any atom is -0.340 e. The molecular formula is C14H22N4O2S. The van der Waals surface area contributed by atoms with Crippen LogP contribution < -0.4 is 10.6 Å². The maximum absolute atomic E-state index is 12.1. The molecule has 1 aliphatic rings. The van der Waals surface area contributed by atoms with Crippen LogP contribution in [0.5, 0.6) is 0 Å². The Kier molecular flexibility index (Phi) is 4.95. The van der Waals surface area contributed by atoms with Crippen LogP contribution in [0.1, 0.15) is 26.5 Å². The molecule has 2 rings (SSSR count). The first kappa shape index (κ1) is 15.9. The summed E-state index contributed by atoms with van der Waals surface area (Å²) in [5, 5.41) is 8.39. The molecule has 1 aliphatic heterocycles. The molecule has 7 heteroatoms. The molecule has 1 fully saturated rings. The third-order valence-electron chi connectivity index (χ3n) is 3.26. The van der Waals surface area contributed by atoms with Gasteiger partial charge in [-0.3, -0.25) is 9.59 Å². The summed E-state index contributed by atoms with van der Waals surface area (Å²) in [6, 6.07) is 0. The number of anilines is 1. The van der Waals surface area contributed by atoms with Crippen LogP contribution in [-0.2, 0) is 16.0 Å². The van der Waals surface area contributed by atoms with Gasteiger partial charge < -0.3 is 15.5 Å². The molecule has 1 aromatic heterocycles. The van der Waals surface area contributed by atoms with E-state index in [0.717, 1.165) is 26.2 Å². The number of rotatable bonds is 3. The van der Waals surface area contributed by atoms with Crippen molar-refractivity contribution in [3.63, 3.8) is 0 Å². The van der Waals surface area contributed by atoms with Gasteiger partial charge in [-0.1, -0.05) is 20.8 Å². The summed E-state index contributed by atoms with van der Waals surface area (Å²) in [6.07, 6.45) is 0.294. The molecule has 0 unspecified atom stereocenters. The Balaban J connectivity index is 1.91. The van der Waals surface area contributed by atoms with Crippen molar-refractivity contribution in [3.8, 4) is 0 Å². The Labute approximate surface area is 128 Å². The van der Waals surface area contributed by atoms with E-state index < -0.39 is 5.41 Å². The van der Waals surface area contributed by atoms with Gasteiger partial charge in [0.2, 0.25) is 11.8 Å². The second-order valence-electron chi connectivity index (χ2n) is 6.16. The first-order valence-electron chi connectivity index (χ1n) is 7.10. The van der Waals surface area contributed by atoms with Crippen molar-refractivity contribution < 1.29 is 9.59 Å². The van der Waals surface area contributed by atoms with Crippen molar-refractivity contribution in [1.82, 2.24) is 15.2 Å². The van der Waals surface area contributed by atoms with Crippen molar-refractivity contribution in [1.29, 1.82) is 0 Å². The molecule has 0 aliphatic carbocycles. The fourth-order valence-corrected chi connectivity index (χ4v) is 2.62. The van der Waals surface area contributed by atoms with Crippen molar-refractivity contribution in [3.05, 3.63) is 11.1 Å². The average molecular weight is 310 g/mol. The predicted molar refractivity (Wildman–Crippen MR) is 83.4 cm³/mol. The van der Waals surface area contributed by atoms with Crippen molar-refractivity contribution >= 4 is 28.3 Å². The highest BCUT2D eigenvalue weighted by molar-refractivity contribution is 7.13. The summed E-state index contributed by atoms with van der Waals surface area (Å²) in [5.74, 6) is 0.0207. The van der Waals surface area contributed by atoms with Gasteiger partial charge in [-0.25, -0.2) is 4.98 Å². The molecule has 0 radical (unpaired) electrons. The van der Waals surface area contributed by atoms with Crippen molar-refractivity contribution in [2.45, 2.75) is 27.2 Å². The Hall–Kier alpha value is -1.47. The van der Waals surface area contributed by atoms with Gasteiger partial charge >= 0.3 is 0 Å². The zero-order chi connectivity index (χ0) is 15.5. The fraction of sp³-hybridized carbons (Fsp3) is 0.643. The molecule has 116 valence electrons. The molecule has 0 bridgehead atoms. The zero-order valence-electron chi connectivity index (χ0n) is 12.7. The van der Waals surface area contributed by atoms with E-state index in [9.17, 15) is 9.59 Å². The third kappa shape index (κ3) is 4.50. The van der Waals surface area contributed by atoms with Crippen LogP contribution in [0.2, 0.25) is 0 Å². The summed E-state index contributed by atoms with van der Waals surface area (Å²) in [6.45, 7) is 8.73. The van der Waals surface area contributed by atoms with Gasteiger partial charge in [0, 0.05) is 37.0 Å². The van der Waals surface area contributed by atoms with E-state index in [1.165, 1.54) is 11.3 Å². The molecule has 0 aromatic carbocycles. The van der Waals surface area contributed by atoms with E-state index in [-0.39, 0.29) is 11.8 Å². The van der Waals surface area contributed by atoms with Crippen LogP contribution in [0.25, 0.3) is 0 Å². The van der Waals surface area contributed by atoms with E-state index in [4.69, 9.17) is 0 Å². The molecular weight excluding hydrogens is 288 g/mol. The Bertz CT molecular complexity index is 515. The Morgan fingerprint density at radius 3 is 2.67 bits per heavy atom. The highest BCUT2D eigenvalue weighted by Crippen LogP contribution is 2.21. The van der Waals surface area contributed by atoms with Gasteiger partial charge in [0.15, 0.2) is 5.13 Å². The SMILES string of the molecule is CC(C)(C)C(=O)Nc1nc(CC(=O)N2CCNCC2)cs1. The first-order valence-corrected chi connectivity index (χ1v) is 7.98. The van der Waals surface area contributed by atoms with Gasteiger partial charge in [0.1, 0.15) is 0 Å². The number of carbonyl (C=O) groups is 2. The van der Waals surface area contributed by atoms with Crippen LogP contribution in [0.4, 0.5) is 5.13 Å². The molecule has 0 atom stereocenters. The van der Waals surface area contributed by atoms with Crippen LogP contribution in [-0.4, -0.2) is 47.9 Å². The van der Waals surface area contributed by atoms with Gasteiger partial charge in [-0.2, -0.15) is 0 Å². The predicted octanol–water partition coefficient (Wildman–Crippen LogP) is 1.10. The lowest BCUT2D eigenvalue weighted by Crippen LogP contribution is -2.46. The largest absolute Gasteiger partial charge is 0.340 e. The molecule has 6 nitrogen and oxygen atoms in total. The van der Waals surface area contributed by atoms with Crippen LogP contribution >= 0.6 is 11.3 Å². The Morgan fingerprint density at radius 1 is 1.38 bits per heavy atom. The lowest BCUT2D eigenvalue weighted by molar-refractivity contribution is -0.131. The van der Waals surface area contributed by atoms with E-state index in [0.29, 0.717) is 17.2 Å². The number of thiazole rings is 1. The summed E-state index contributed by atoms with van der Waals surface area (Å²) in [7, 11) is 0. The van der Waals surface area contributed by atoms with Crippen LogP contribution in [0.3, 0.4) is 0 Å². The fourth-order valence-electron chi connectivity index (χ4n) is 1.91. The van der Waals surface area contributed by atoms with Gasteiger partial charge in [0.25, 0.3) is 0 Å². The van der Waals surface area contributed by atoms with E-state index in [1.807, 2.05) is 31.1 Å². The number of nitrogens with zero attached hydrogens (tertiary/aromatic N) is 2. The maximum Gasteiger partial charge on any atom is 0.231 e. The minimum atomic E-state index is -0.456. The van der Waals surface area contributed by atoms with E-state index in [2.05, 4.69) is 15.6 Å². The highest BCUT2D eigenvalue weighted by atomic mass is 32.1. The number of carbonyl (C=O) groups excluding carboxylic acids is 2. The third-order valence-corrected chi connectivity index (χ3v) is 4.06. The number of hydrogen-bond acceptors (Lipinski definition) is 5. The van der Waals surface area contributed by atoms with Crippen molar-refractivity contribution in [2.75, 3.05) is 31.5 Å². The number of aromatic nitrogens is 1. The zero-order valence-corrected chi connectivity index (χ0v) is 13.5. The lowest BCUT2D eigenvalue weighted by atomic mass is 9.96. The second kappa shape index (κ2) is 6.53. The van der Waals surface area contributed by atoms with Crippen molar-refractivity contribution in [2.24, 2.45) is 5.41 Å². The second-order valence-corrected chi connectivity index (χ2v) is 7.01. The van der Waals surface area contributed by atoms with Gasteiger partial charge in [-0.15, -0.1) is 11.3 Å². The summed E-state index contributed by atoms with van der Waals surface area (Å²) < 4.78 is 0. The topological polar surface area (TPSA) is 74.3 Å². The molecule has 2 N–H and O–H groups in total. The lowest BCUT2D eigenvalue weighted by Gasteiger charge is -2.27.